The largest absolute Gasteiger partial charge is 0.0654 e. The molecule has 1 radical (unpaired) electrons. The molecule has 0 N–H and O–H groups in total. The second-order valence-corrected chi connectivity index (χ2v) is 4.66. The Morgan fingerprint density at radius 3 is 2.00 bits per heavy atom. The smallest absolute Gasteiger partial charge is 0.0443 e. The summed E-state index contributed by atoms with van der Waals surface area (Å²) in [6.07, 6.45) is 13.9. The van der Waals surface area contributed by atoms with Gasteiger partial charge in [0.1, 0.15) is 0 Å². The molecular formula is C14H29. The molecule has 0 saturated heterocycles. The average molecular weight is 197 g/mol. The Hall–Kier alpha value is 0. The highest BCUT2D eigenvalue weighted by Gasteiger charge is 1.99. The summed E-state index contributed by atoms with van der Waals surface area (Å²) in [6, 6.07) is 0. The van der Waals surface area contributed by atoms with E-state index in [1.54, 1.807) is 0 Å². The molecule has 14 heavy (non-hydrogen) atoms. The molecule has 0 heteroatoms. The van der Waals surface area contributed by atoms with Crippen molar-refractivity contribution in [2.75, 3.05) is 0 Å². The summed E-state index contributed by atoms with van der Waals surface area (Å²) >= 11 is 0. The van der Waals surface area contributed by atoms with Crippen molar-refractivity contribution < 1.29 is 0 Å². The number of hydrogen-bond acceptors (Lipinski definition) is 0. The summed E-state index contributed by atoms with van der Waals surface area (Å²) in [7, 11) is 0. The molecule has 0 rings (SSSR count). The van der Waals surface area contributed by atoms with E-state index in [9.17, 15) is 0 Å². The first-order chi connectivity index (χ1) is 6.81. The first-order valence-corrected chi connectivity index (χ1v) is 6.60. The van der Waals surface area contributed by atoms with Crippen LogP contribution in [0.25, 0.3) is 0 Å². The predicted octanol–water partition coefficient (Wildman–Crippen LogP) is 5.38. The van der Waals surface area contributed by atoms with E-state index in [2.05, 4.69) is 20.8 Å². The van der Waals surface area contributed by atoms with E-state index in [1.165, 1.54) is 57.8 Å². The van der Waals surface area contributed by atoms with E-state index in [1.807, 2.05) is 0 Å². The van der Waals surface area contributed by atoms with Crippen LogP contribution in [0.4, 0.5) is 0 Å². The van der Waals surface area contributed by atoms with Crippen LogP contribution in [0.3, 0.4) is 0 Å². The van der Waals surface area contributed by atoms with Crippen LogP contribution >= 0.6 is 0 Å². The SMILES string of the molecule is [CH2]CCC(C)CCCCCCCCC. The van der Waals surface area contributed by atoms with Crippen molar-refractivity contribution in [3.63, 3.8) is 0 Å². The van der Waals surface area contributed by atoms with Crippen LogP contribution in [-0.4, -0.2) is 0 Å². The first-order valence-electron chi connectivity index (χ1n) is 6.60. The molecule has 0 saturated carbocycles. The molecule has 0 amide bonds. The van der Waals surface area contributed by atoms with Gasteiger partial charge < -0.3 is 0 Å². The molecule has 0 bridgehead atoms. The van der Waals surface area contributed by atoms with Crippen LogP contribution in [0.2, 0.25) is 0 Å². The Bertz CT molecular complexity index is 96.2. The second-order valence-electron chi connectivity index (χ2n) is 4.66. The quantitative estimate of drug-likeness (QED) is 0.413. The molecule has 0 heterocycles. The Kier molecular flexibility index (Phi) is 11.1. The minimum Gasteiger partial charge on any atom is -0.0654 e. The third-order valence-electron chi connectivity index (χ3n) is 3.00. The highest BCUT2D eigenvalue weighted by atomic mass is 14.1. The van der Waals surface area contributed by atoms with E-state index < -0.39 is 0 Å². The van der Waals surface area contributed by atoms with E-state index in [4.69, 9.17) is 0 Å². The molecule has 0 aliphatic rings. The van der Waals surface area contributed by atoms with Crippen LogP contribution in [0.5, 0.6) is 0 Å². The third kappa shape index (κ3) is 10.1. The zero-order valence-electron chi connectivity index (χ0n) is 10.4. The van der Waals surface area contributed by atoms with Gasteiger partial charge in [-0.1, -0.05) is 85.0 Å². The van der Waals surface area contributed by atoms with Gasteiger partial charge in [0.15, 0.2) is 0 Å². The highest BCUT2D eigenvalue weighted by Crippen LogP contribution is 2.15. The molecule has 0 aliphatic carbocycles. The lowest BCUT2D eigenvalue weighted by Crippen LogP contribution is -1.93. The van der Waals surface area contributed by atoms with Crippen LogP contribution in [0.15, 0.2) is 0 Å². The summed E-state index contributed by atoms with van der Waals surface area (Å²) in [4.78, 5) is 0. The highest BCUT2D eigenvalue weighted by molar-refractivity contribution is 4.55. The van der Waals surface area contributed by atoms with E-state index >= 15 is 0 Å². The van der Waals surface area contributed by atoms with Crippen molar-refractivity contribution in [1.82, 2.24) is 0 Å². The second kappa shape index (κ2) is 11.1. The summed E-state index contributed by atoms with van der Waals surface area (Å²) in [5, 5.41) is 0. The van der Waals surface area contributed by atoms with Crippen molar-refractivity contribution in [2.24, 2.45) is 5.92 Å². The molecule has 0 fully saturated rings. The molecule has 0 nitrogen and oxygen atoms in total. The van der Waals surface area contributed by atoms with Gasteiger partial charge in [0.25, 0.3) is 0 Å². The minimum atomic E-state index is 0.906. The van der Waals surface area contributed by atoms with Gasteiger partial charge in [-0.05, 0) is 5.92 Å². The van der Waals surface area contributed by atoms with Crippen molar-refractivity contribution in [2.45, 2.75) is 78.1 Å². The molecule has 0 aromatic heterocycles. The van der Waals surface area contributed by atoms with Crippen LogP contribution < -0.4 is 0 Å². The molecule has 0 spiro atoms. The van der Waals surface area contributed by atoms with Crippen molar-refractivity contribution in [1.29, 1.82) is 0 Å². The van der Waals surface area contributed by atoms with Gasteiger partial charge in [0, 0.05) is 0 Å². The van der Waals surface area contributed by atoms with E-state index in [0.29, 0.717) is 0 Å². The monoisotopic (exact) mass is 197 g/mol. The number of hydrogen-bond donors (Lipinski definition) is 0. The predicted molar refractivity (Wildman–Crippen MR) is 66.4 cm³/mol. The van der Waals surface area contributed by atoms with Crippen molar-refractivity contribution in [3.05, 3.63) is 6.92 Å². The fourth-order valence-electron chi connectivity index (χ4n) is 1.94. The lowest BCUT2D eigenvalue weighted by atomic mass is 9.98. The average Bonchev–Trinajstić information content (AvgIpc) is 2.17. The lowest BCUT2D eigenvalue weighted by Gasteiger charge is -2.08. The van der Waals surface area contributed by atoms with Gasteiger partial charge in [0.2, 0.25) is 0 Å². The van der Waals surface area contributed by atoms with E-state index in [0.717, 1.165) is 12.3 Å². The van der Waals surface area contributed by atoms with Gasteiger partial charge in [-0.15, -0.1) is 0 Å². The molecule has 0 aliphatic heterocycles. The Balaban J connectivity index is 2.98. The van der Waals surface area contributed by atoms with Crippen molar-refractivity contribution in [3.8, 4) is 0 Å². The Labute approximate surface area is 91.5 Å². The maximum atomic E-state index is 3.90. The normalized spacial score (nSPS) is 13.1. The summed E-state index contributed by atoms with van der Waals surface area (Å²) < 4.78 is 0. The zero-order valence-corrected chi connectivity index (χ0v) is 10.4. The van der Waals surface area contributed by atoms with Gasteiger partial charge >= 0.3 is 0 Å². The molecule has 0 aromatic carbocycles. The van der Waals surface area contributed by atoms with E-state index in [-0.39, 0.29) is 0 Å². The molecule has 1 atom stereocenters. The molecule has 0 aromatic rings. The Morgan fingerprint density at radius 1 is 0.857 bits per heavy atom. The summed E-state index contributed by atoms with van der Waals surface area (Å²) in [5.74, 6) is 0.906. The van der Waals surface area contributed by atoms with Crippen molar-refractivity contribution >= 4 is 0 Å². The van der Waals surface area contributed by atoms with Crippen LogP contribution in [0.1, 0.15) is 78.1 Å². The maximum absolute atomic E-state index is 3.90. The molecule has 1 unspecified atom stereocenters. The summed E-state index contributed by atoms with van der Waals surface area (Å²) in [6.45, 7) is 8.55. The third-order valence-corrected chi connectivity index (χ3v) is 3.00. The lowest BCUT2D eigenvalue weighted by molar-refractivity contribution is 0.457. The maximum Gasteiger partial charge on any atom is -0.0443 e. The molecule has 85 valence electrons. The topological polar surface area (TPSA) is 0 Å². The fraction of sp³-hybridized carbons (Fsp3) is 0.929. The fourth-order valence-corrected chi connectivity index (χ4v) is 1.94. The van der Waals surface area contributed by atoms with Gasteiger partial charge in [-0.25, -0.2) is 0 Å². The minimum absolute atomic E-state index is 0.906. The number of unbranched alkanes of at least 4 members (excludes halogenated alkanes) is 6. The van der Waals surface area contributed by atoms with Gasteiger partial charge in [0.05, 0.1) is 0 Å². The number of rotatable bonds is 10. The first kappa shape index (κ1) is 14.0. The van der Waals surface area contributed by atoms with Gasteiger partial charge in [-0.2, -0.15) is 0 Å². The van der Waals surface area contributed by atoms with Crippen LogP contribution in [0, 0.1) is 12.8 Å². The standard InChI is InChI=1S/C14H29/c1-4-6-7-8-9-10-11-13-14(3)12-5-2/h14H,2,4-13H2,1,3H3. The molecular weight excluding hydrogens is 168 g/mol. The zero-order chi connectivity index (χ0) is 10.6. The Morgan fingerprint density at radius 2 is 1.43 bits per heavy atom. The summed E-state index contributed by atoms with van der Waals surface area (Å²) in [5.41, 5.74) is 0. The van der Waals surface area contributed by atoms with Crippen LogP contribution in [-0.2, 0) is 0 Å². The van der Waals surface area contributed by atoms with Gasteiger partial charge in [-0.3, -0.25) is 0 Å².